The zero-order valence-corrected chi connectivity index (χ0v) is 26.4. The van der Waals surface area contributed by atoms with Gasteiger partial charge in [-0.2, -0.15) is 0 Å². The Kier molecular flexibility index (Phi) is 29.5. The third-order valence-electron chi connectivity index (χ3n) is 8.88. The molecule has 0 aliphatic heterocycles. The normalized spacial score (nSPS) is 12.0. The van der Waals surface area contributed by atoms with Gasteiger partial charge in [0.25, 0.3) is 0 Å². The Hall–Kier alpha value is -0.0400. The van der Waals surface area contributed by atoms with Crippen molar-refractivity contribution in [3.8, 4) is 0 Å². The highest BCUT2D eigenvalue weighted by Crippen LogP contribution is 2.19. The van der Waals surface area contributed by atoms with E-state index in [-0.39, 0.29) is 0 Å². The van der Waals surface area contributed by atoms with Gasteiger partial charge < -0.3 is 4.48 Å². The molecule has 0 aliphatic carbocycles. The number of unbranched alkanes of at least 4 members (excludes halogenated alkanes) is 24. The number of hydrogen-bond acceptors (Lipinski definition) is 0. The fourth-order valence-electron chi connectivity index (χ4n) is 6.08. The zero-order valence-electron chi connectivity index (χ0n) is 26.4. The molecule has 0 aliphatic rings. The van der Waals surface area contributed by atoms with Crippen LogP contribution in [0.25, 0.3) is 0 Å². The summed E-state index contributed by atoms with van der Waals surface area (Å²) >= 11 is 0. The number of hydrogen-bond donors (Lipinski definition) is 0. The highest BCUT2D eigenvalue weighted by molar-refractivity contribution is 4.54. The molecule has 1 heteroatoms. The van der Waals surface area contributed by atoms with Gasteiger partial charge in [0.2, 0.25) is 0 Å². The van der Waals surface area contributed by atoms with Crippen molar-refractivity contribution in [2.75, 3.05) is 26.2 Å². The molecule has 0 fully saturated rings. The fourth-order valence-corrected chi connectivity index (χ4v) is 6.08. The Labute approximate surface area is 231 Å². The molecule has 0 N–H and O–H groups in total. The molecular weight excluding hydrogens is 434 g/mol. The monoisotopic (exact) mass is 509 g/mol. The van der Waals surface area contributed by atoms with Gasteiger partial charge >= 0.3 is 0 Å². The summed E-state index contributed by atoms with van der Waals surface area (Å²) in [5.41, 5.74) is 0. The van der Waals surface area contributed by atoms with Gasteiger partial charge in [0, 0.05) is 0 Å². The Morgan fingerprint density at radius 1 is 0.250 bits per heavy atom. The lowest BCUT2D eigenvalue weighted by Gasteiger charge is -2.38. The van der Waals surface area contributed by atoms with E-state index in [0.717, 1.165) is 0 Å². The lowest BCUT2D eigenvalue weighted by molar-refractivity contribution is -0.927. The summed E-state index contributed by atoms with van der Waals surface area (Å²) in [6, 6.07) is 0. The number of rotatable bonds is 31. The van der Waals surface area contributed by atoms with E-state index in [1.807, 2.05) is 0 Å². The SMILES string of the molecule is CCCCCCCCCCC[N+](CC)(CCCCCCCCCCC)CCCCCCCCCCC. The summed E-state index contributed by atoms with van der Waals surface area (Å²) in [5.74, 6) is 0. The molecule has 0 aromatic heterocycles. The topological polar surface area (TPSA) is 0 Å². The molecule has 0 bridgehead atoms. The second-order valence-corrected chi connectivity index (χ2v) is 12.3. The molecule has 36 heavy (non-hydrogen) atoms. The van der Waals surface area contributed by atoms with Crippen molar-refractivity contribution in [1.29, 1.82) is 0 Å². The maximum atomic E-state index is 2.50. The summed E-state index contributed by atoms with van der Waals surface area (Å²) in [6.45, 7) is 15.2. The van der Waals surface area contributed by atoms with Crippen LogP contribution in [0, 0.1) is 0 Å². The summed E-state index contributed by atoms with van der Waals surface area (Å²) in [4.78, 5) is 0. The predicted molar refractivity (Wildman–Crippen MR) is 167 cm³/mol. The van der Waals surface area contributed by atoms with Crippen LogP contribution in [0.15, 0.2) is 0 Å². The highest BCUT2D eigenvalue weighted by Gasteiger charge is 2.23. The van der Waals surface area contributed by atoms with Gasteiger partial charge in [-0.1, -0.05) is 156 Å². The van der Waals surface area contributed by atoms with Crippen LogP contribution in [0.3, 0.4) is 0 Å². The van der Waals surface area contributed by atoms with Crippen LogP contribution in [-0.2, 0) is 0 Å². The van der Waals surface area contributed by atoms with Crippen molar-refractivity contribution in [3.05, 3.63) is 0 Å². The second kappa shape index (κ2) is 29.5. The molecule has 0 amide bonds. The molecule has 1 nitrogen and oxygen atoms in total. The minimum absolute atomic E-state index is 1.37. The van der Waals surface area contributed by atoms with Crippen LogP contribution in [0.5, 0.6) is 0 Å². The summed E-state index contributed by atoms with van der Waals surface area (Å²) < 4.78 is 1.43. The molecule has 0 spiro atoms. The summed E-state index contributed by atoms with van der Waals surface area (Å²) in [7, 11) is 0. The Balaban J connectivity index is 4.22. The van der Waals surface area contributed by atoms with Gasteiger partial charge in [-0.15, -0.1) is 0 Å². The zero-order chi connectivity index (χ0) is 26.4. The van der Waals surface area contributed by atoms with Gasteiger partial charge in [0.1, 0.15) is 0 Å². The Morgan fingerprint density at radius 3 is 0.639 bits per heavy atom. The first-order valence-electron chi connectivity index (χ1n) is 17.6. The van der Waals surface area contributed by atoms with E-state index < -0.39 is 0 Å². The van der Waals surface area contributed by atoms with Gasteiger partial charge in [-0.05, 0) is 45.4 Å². The largest absolute Gasteiger partial charge is 0.324 e. The van der Waals surface area contributed by atoms with Gasteiger partial charge in [0.15, 0.2) is 0 Å². The van der Waals surface area contributed by atoms with Gasteiger partial charge in [0.05, 0.1) is 26.2 Å². The number of nitrogens with zero attached hydrogens (tertiary/aromatic N) is 1. The molecule has 0 heterocycles. The average Bonchev–Trinajstić information content (AvgIpc) is 2.89. The standard InChI is InChI=1S/C35H74N/c1-5-9-12-15-18-21-24-27-30-33-36(8-4,34-31-28-25-22-19-16-13-10-6-2)35-32-29-26-23-20-17-14-11-7-3/h5-35H2,1-4H3/q+1. The molecule has 218 valence electrons. The van der Waals surface area contributed by atoms with Crippen LogP contribution in [0.4, 0.5) is 0 Å². The van der Waals surface area contributed by atoms with E-state index in [9.17, 15) is 0 Å². The van der Waals surface area contributed by atoms with Crippen LogP contribution >= 0.6 is 0 Å². The quantitative estimate of drug-likeness (QED) is 0.0645. The maximum absolute atomic E-state index is 2.50. The van der Waals surface area contributed by atoms with E-state index in [1.54, 1.807) is 0 Å². The van der Waals surface area contributed by atoms with Crippen LogP contribution in [0.2, 0.25) is 0 Å². The molecular formula is C35H74N+. The molecule has 0 radical (unpaired) electrons. The first kappa shape index (κ1) is 36.0. The molecule has 0 atom stereocenters. The van der Waals surface area contributed by atoms with Crippen molar-refractivity contribution in [3.63, 3.8) is 0 Å². The molecule has 0 saturated heterocycles. The first-order valence-corrected chi connectivity index (χ1v) is 17.6. The molecule has 0 aromatic rings. The van der Waals surface area contributed by atoms with E-state index in [1.165, 1.54) is 204 Å². The predicted octanol–water partition coefficient (Wildman–Crippen LogP) is 12.4. The average molecular weight is 509 g/mol. The van der Waals surface area contributed by atoms with Crippen molar-refractivity contribution in [2.45, 2.75) is 201 Å². The van der Waals surface area contributed by atoms with Crippen LogP contribution < -0.4 is 0 Å². The third-order valence-corrected chi connectivity index (χ3v) is 8.88. The Bertz CT molecular complexity index is 335. The lowest BCUT2D eigenvalue weighted by Crippen LogP contribution is -2.50. The Morgan fingerprint density at radius 2 is 0.444 bits per heavy atom. The highest BCUT2D eigenvalue weighted by atomic mass is 15.3. The fraction of sp³-hybridized carbons (Fsp3) is 1.00. The summed E-state index contributed by atoms with van der Waals surface area (Å²) in [5, 5.41) is 0. The maximum Gasteiger partial charge on any atom is 0.0786 e. The third kappa shape index (κ3) is 24.3. The van der Waals surface area contributed by atoms with Crippen molar-refractivity contribution >= 4 is 0 Å². The molecule has 0 saturated carbocycles. The summed E-state index contributed by atoms with van der Waals surface area (Å²) in [6.07, 6.45) is 39.4. The number of quaternary nitrogens is 1. The van der Waals surface area contributed by atoms with E-state index in [2.05, 4.69) is 27.7 Å². The van der Waals surface area contributed by atoms with E-state index in [0.29, 0.717) is 0 Å². The smallest absolute Gasteiger partial charge is 0.0786 e. The van der Waals surface area contributed by atoms with Crippen LogP contribution in [-0.4, -0.2) is 30.7 Å². The minimum atomic E-state index is 1.37. The van der Waals surface area contributed by atoms with Gasteiger partial charge in [-0.25, -0.2) is 0 Å². The molecule has 0 aromatic carbocycles. The second-order valence-electron chi connectivity index (χ2n) is 12.3. The van der Waals surface area contributed by atoms with Crippen molar-refractivity contribution < 1.29 is 4.48 Å². The minimum Gasteiger partial charge on any atom is -0.324 e. The lowest BCUT2D eigenvalue weighted by atomic mass is 10.0. The van der Waals surface area contributed by atoms with Gasteiger partial charge in [-0.3, -0.25) is 0 Å². The van der Waals surface area contributed by atoms with Crippen molar-refractivity contribution in [1.82, 2.24) is 0 Å². The molecule has 0 unspecified atom stereocenters. The van der Waals surface area contributed by atoms with E-state index in [4.69, 9.17) is 0 Å². The molecule has 0 rings (SSSR count). The first-order chi connectivity index (χ1) is 17.7. The van der Waals surface area contributed by atoms with E-state index >= 15 is 0 Å². The van der Waals surface area contributed by atoms with Crippen LogP contribution in [0.1, 0.15) is 201 Å². The van der Waals surface area contributed by atoms with Crippen molar-refractivity contribution in [2.24, 2.45) is 0 Å².